The number of rotatable bonds is 9. The highest BCUT2D eigenvalue weighted by atomic mass is 16.2. The fourth-order valence-electron chi connectivity index (χ4n) is 2.55. The third-order valence-electron chi connectivity index (χ3n) is 3.72. The number of hydrogen-bond acceptors (Lipinski definition) is 2. The molecule has 1 aromatic carbocycles. The third kappa shape index (κ3) is 4.09. The van der Waals surface area contributed by atoms with Crippen molar-refractivity contribution in [1.82, 2.24) is 9.88 Å². The van der Waals surface area contributed by atoms with E-state index < -0.39 is 0 Å². The first-order valence-electron chi connectivity index (χ1n) is 7.74. The van der Waals surface area contributed by atoms with Gasteiger partial charge in [0, 0.05) is 31.4 Å². The van der Waals surface area contributed by atoms with Gasteiger partial charge in [-0.2, -0.15) is 0 Å². The van der Waals surface area contributed by atoms with Crippen molar-refractivity contribution in [3.05, 3.63) is 36.0 Å². The van der Waals surface area contributed by atoms with Gasteiger partial charge < -0.3 is 15.0 Å². The summed E-state index contributed by atoms with van der Waals surface area (Å²) in [5.41, 5.74) is 2.68. The van der Waals surface area contributed by atoms with Crippen molar-refractivity contribution in [2.75, 3.05) is 13.2 Å². The van der Waals surface area contributed by atoms with Crippen LogP contribution in [0.4, 0.5) is 0 Å². The Bertz CT molecular complexity index is 519. The van der Waals surface area contributed by atoms with Gasteiger partial charge in [-0.05, 0) is 42.5 Å². The summed E-state index contributed by atoms with van der Waals surface area (Å²) in [7, 11) is 0. The maximum Gasteiger partial charge on any atom is 0.0483 e. The molecule has 0 bridgehead atoms. The van der Waals surface area contributed by atoms with Crippen LogP contribution in [0.1, 0.15) is 38.2 Å². The van der Waals surface area contributed by atoms with E-state index in [0.717, 1.165) is 32.5 Å². The van der Waals surface area contributed by atoms with Gasteiger partial charge in [0.05, 0.1) is 0 Å². The van der Waals surface area contributed by atoms with Gasteiger partial charge in [0.15, 0.2) is 0 Å². The Labute approximate surface area is 121 Å². The number of nitrogens with one attached hydrogen (secondary N) is 1. The number of nitrogens with zero attached hydrogens (tertiary/aromatic N) is 1. The zero-order valence-electron chi connectivity index (χ0n) is 12.4. The maximum atomic E-state index is 8.78. The van der Waals surface area contributed by atoms with Gasteiger partial charge in [-0.1, -0.05) is 31.9 Å². The number of fused-ring (bicyclic) bond motifs is 1. The first-order valence-corrected chi connectivity index (χ1v) is 7.74. The molecule has 0 amide bonds. The lowest BCUT2D eigenvalue weighted by molar-refractivity contribution is 0.282. The van der Waals surface area contributed by atoms with Crippen LogP contribution >= 0.6 is 0 Å². The SMILES string of the molecule is CCNCc1ccc2ccn(CCCCCCO)c2c1. The van der Waals surface area contributed by atoms with E-state index in [1.165, 1.54) is 29.3 Å². The molecule has 0 radical (unpaired) electrons. The fraction of sp³-hybridized carbons (Fsp3) is 0.529. The second-order valence-corrected chi connectivity index (χ2v) is 5.32. The second-order valence-electron chi connectivity index (χ2n) is 5.32. The number of aliphatic hydroxyl groups excluding tert-OH is 1. The number of hydrogen-bond donors (Lipinski definition) is 2. The molecule has 0 aliphatic rings. The minimum absolute atomic E-state index is 0.320. The summed E-state index contributed by atoms with van der Waals surface area (Å²) in [6.45, 7) is 5.46. The number of aryl methyl sites for hydroxylation is 1. The van der Waals surface area contributed by atoms with Crippen molar-refractivity contribution < 1.29 is 5.11 Å². The number of aromatic nitrogens is 1. The van der Waals surface area contributed by atoms with Gasteiger partial charge in [-0.25, -0.2) is 0 Å². The van der Waals surface area contributed by atoms with E-state index in [2.05, 4.69) is 47.3 Å². The first kappa shape index (κ1) is 15.1. The highest BCUT2D eigenvalue weighted by molar-refractivity contribution is 5.80. The van der Waals surface area contributed by atoms with Gasteiger partial charge in [-0.3, -0.25) is 0 Å². The molecule has 2 aromatic rings. The Kier molecular flexibility index (Phi) is 6.09. The summed E-state index contributed by atoms with van der Waals surface area (Å²) in [4.78, 5) is 0. The fourth-order valence-corrected chi connectivity index (χ4v) is 2.55. The Balaban J connectivity index is 1.97. The van der Waals surface area contributed by atoms with Crippen molar-refractivity contribution in [3.63, 3.8) is 0 Å². The molecule has 0 spiro atoms. The minimum atomic E-state index is 0.320. The Morgan fingerprint density at radius 2 is 1.95 bits per heavy atom. The van der Waals surface area contributed by atoms with E-state index >= 15 is 0 Å². The molecule has 3 heteroatoms. The normalized spacial score (nSPS) is 11.3. The highest BCUT2D eigenvalue weighted by Crippen LogP contribution is 2.18. The first-order chi connectivity index (χ1) is 9.85. The van der Waals surface area contributed by atoms with E-state index in [9.17, 15) is 0 Å². The molecule has 0 saturated heterocycles. The van der Waals surface area contributed by atoms with Gasteiger partial charge in [0.25, 0.3) is 0 Å². The maximum absolute atomic E-state index is 8.78. The minimum Gasteiger partial charge on any atom is -0.396 e. The third-order valence-corrected chi connectivity index (χ3v) is 3.72. The molecular weight excluding hydrogens is 248 g/mol. The predicted molar refractivity (Wildman–Crippen MR) is 84.9 cm³/mol. The topological polar surface area (TPSA) is 37.2 Å². The summed E-state index contributed by atoms with van der Waals surface area (Å²) in [6.07, 6.45) is 6.62. The molecule has 0 atom stereocenters. The smallest absolute Gasteiger partial charge is 0.0483 e. The van der Waals surface area contributed by atoms with E-state index in [4.69, 9.17) is 5.11 Å². The zero-order chi connectivity index (χ0) is 14.2. The molecular formula is C17H26N2O. The molecule has 0 fully saturated rings. The second kappa shape index (κ2) is 8.08. The zero-order valence-corrected chi connectivity index (χ0v) is 12.4. The van der Waals surface area contributed by atoms with E-state index in [0.29, 0.717) is 6.61 Å². The lowest BCUT2D eigenvalue weighted by Crippen LogP contribution is -2.11. The number of benzene rings is 1. The van der Waals surface area contributed by atoms with Crippen molar-refractivity contribution in [3.8, 4) is 0 Å². The van der Waals surface area contributed by atoms with Crippen LogP contribution in [0, 0.1) is 0 Å². The van der Waals surface area contributed by atoms with Gasteiger partial charge in [0.1, 0.15) is 0 Å². The van der Waals surface area contributed by atoms with E-state index in [1.54, 1.807) is 0 Å². The Morgan fingerprint density at radius 3 is 2.75 bits per heavy atom. The molecule has 3 nitrogen and oxygen atoms in total. The average Bonchev–Trinajstić information content (AvgIpc) is 2.87. The summed E-state index contributed by atoms with van der Waals surface area (Å²) in [5.74, 6) is 0. The van der Waals surface area contributed by atoms with Crippen LogP contribution in [0.5, 0.6) is 0 Å². The Morgan fingerprint density at radius 1 is 1.10 bits per heavy atom. The summed E-state index contributed by atoms with van der Waals surface area (Å²) in [5, 5.41) is 13.5. The summed E-state index contributed by atoms with van der Waals surface area (Å²) in [6, 6.07) is 8.91. The van der Waals surface area contributed by atoms with Crippen LogP contribution in [-0.4, -0.2) is 22.8 Å². The van der Waals surface area contributed by atoms with Crippen molar-refractivity contribution >= 4 is 10.9 Å². The number of unbranched alkanes of at least 4 members (excludes halogenated alkanes) is 3. The van der Waals surface area contributed by atoms with Crippen LogP contribution in [0.15, 0.2) is 30.5 Å². The molecule has 2 N–H and O–H groups in total. The highest BCUT2D eigenvalue weighted by Gasteiger charge is 2.02. The van der Waals surface area contributed by atoms with Gasteiger partial charge in [0.2, 0.25) is 0 Å². The summed E-state index contributed by atoms with van der Waals surface area (Å²) >= 11 is 0. The van der Waals surface area contributed by atoms with Crippen LogP contribution < -0.4 is 5.32 Å². The number of aliphatic hydroxyl groups is 1. The molecule has 0 unspecified atom stereocenters. The predicted octanol–water partition coefficient (Wildman–Crippen LogP) is 3.30. The average molecular weight is 274 g/mol. The van der Waals surface area contributed by atoms with Crippen molar-refractivity contribution in [2.45, 2.75) is 45.7 Å². The molecule has 20 heavy (non-hydrogen) atoms. The van der Waals surface area contributed by atoms with Crippen molar-refractivity contribution in [2.24, 2.45) is 0 Å². The largest absolute Gasteiger partial charge is 0.396 e. The Hall–Kier alpha value is -1.32. The lowest BCUT2D eigenvalue weighted by atomic mass is 10.1. The van der Waals surface area contributed by atoms with Crippen LogP contribution in [-0.2, 0) is 13.1 Å². The quantitative estimate of drug-likeness (QED) is 0.688. The molecule has 0 saturated carbocycles. The van der Waals surface area contributed by atoms with Gasteiger partial charge >= 0.3 is 0 Å². The van der Waals surface area contributed by atoms with Crippen LogP contribution in [0.2, 0.25) is 0 Å². The van der Waals surface area contributed by atoms with Crippen molar-refractivity contribution in [1.29, 1.82) is 0 Å². The summed E-state index contributed by atoms with van der Waals surface area (Å²) < 4.78 is 2.35. The molecule has 2 rings (SSSR count). The van der Waals surface area contributed by atoms with E-state index in [1.807, 2.05) is 0 Å². The molecule has 1 aromatic heterocycles. The molecule has 0 aliphatic heterocycles. The standard InChI is InChI=1S/C17H26N2O/c1-2-18-14-15-7-8-16-9-11-19(17(16)13-15)10-5-3-4-6-12-20/h7-9,11,13,18,20H,2-6,10,12,14H2,1H3. The molecule has 110 valence electrons. The van der Waals surface area contributed by atoms with Crippen LogP contribution in [0.25, 0.3) is 10.9 Å². The van der Waals surface area contributed by atoms with Crippen LogP contribution in [0.3, 0.4) is 0 Å². The van der Waals surface area contributed by atoms with E-state index in [-0.39, 0.29) is 0 Å². The molecule has 1 heterocycles. The monoisotopic (exact) mass is 274 g/mol. The lowest BCUT2D eigenvalue weighted by Gasteiger charge is -2.07. The molecule has 0 aliphatic carbocycles. The van der Waals surface area contributed by atoms with Gasteiger partial charge in [-0.15, -0.1) is 0 Å².